The molecule has 1 N–H and O–H groups in total. The van der Waals surface area contributed by atoms with Gasteiger partial charge in [0.05, 0.1) is 43.9 Å². The van der Waals surface area contributed by atoms with Crippen molar-refractivity contribution in [3.05, 3.63) is 34.0 Å². The zero-order valence-electron chi connectivity index (χ0n) is 31.1. The molecule has 1 fully saturated rings. The number of hydrogen-bond donors (Lipinski definition) is 1. The van der Waals surface area contributed by atoms with E-state index in [0.717, 1.165) is 5.56 Å². The summed E-state index contributed by atoms with van der Waals surface area (Å²) < 4.78 is 12.1. The number of aryl methyl sites for hydroxylation is 1. The molecule has 0 bridgehead atoms. The summed E-state index contributed by atoms with van der Waals surface area (Å²) in [7, 11) is 1.50. The molecule has 1 aromatic carbocycles. The molecule has 0 aromatic heterocycles. The summed E-state index contributed by atoms with van der Waals surface area (Å²) in [6.45, 7) is 18.0. The Morgan fingerprint density at radius 3 is 1.64 bits per heavy atom. The molecule has 1 amide bonds. The Balaban J connectivity index is 0.000000328. The third-order valence-electron chi connectivity index (χ3n) is 10.2. The number of methoxy groups -OCH3 is 1. The third-order valence-corrected chi connectivity index (χ3v) is 10.5. The number of carbonyl (C=O) groups is 1. The molecule has 2 aliphatic heterocycles. The maximum Gasteiger partial charge on any atom is 0.251 e. The molecule has 0 unspecified atom stereocenters. The monoisotopic (exact) mass is 676 g/mol. The molecule has 270 valence electrons. The molecule has 0 atom stereocenters. The smallest absolute Gasteiger partial charge is 0.251 e. The predicted octanol–water partition coefficient (Wildman–Crippen LogP) is 9.53. The Morgan fingerprint density at radius 2 is 1.23 bits per heavy atom. The molecule has 3 rings (SSSR count). The van der Waals surface area contributed by atoms with Gasteiger partial charge in [0, 0.05) is 24.4 Å². The lowest BCUT2D eigenvalue weighted by molar-refractivity contribution is -0.929. The van der Waals surface area contributed by atoms with Crippen molar-refractivity contribution in [1.82, 2.24) is 5.32 Å². The number of rotatable bonds is 22. The van der Waals surface area contributed by atoms with Gasteiger partial charge in [-0.1, -0.05) is 96.4 Å². The highest BCUT2D eigenvalue weighted by molar-refractivity contribution is 6.36. The Labute approximate surface area is 293 Å². The first kappa shape index (κ1) is 41.4. The topological polar surface area (TPSA) is 70.6 Å². The SMILES string of the molecule is CCCCCC[N+](CCCCCC)(CCCCCC)CCCCCC.COc1cc(C)cc(Cl)c1C1=C([O-])C2(CCOCC2)NC1=O. The first-order valence-corrected chi connectivity index (χ1v) is 19.6. The van der Waals surface area contributed by atoms with Crippen LogP contribution in [0.1, 0.15) is 154 Å². The van der Waals surface area contributed by atoms with Gasteiger partial charge in [0.1, 0.15) is 5.75 Å². The van der Waals surface area contributed by atoms with Crippen LogP contribution >= 0.6 is 11.6 Å². The van der Waals surface area contributed by atoms with E-state index < -0.39 is 11.4 Å². The van der Waals surface area contributed by atoms with E-state index in [1.165, 1.54) is 141 Å². The molecule has 1 aromatic rings. The minimum absolute atomic E-state index is 0.0868. The van der Waals surface area contributed by atoms with Gasteiger partial charge in [-0.25, -0.2) is 0 Å². The summed E-state index contributed by atoms with van der Waals surface area (Å²) in [5, 5.41) is 16.1. The molecular formula is C40H69ClN2O4. The van der Waals surface area contributed by atoms with E-state index in [1.54, 1.807) is 12.1 Å². The second kappa shape index (κ2) is 22.8. The summed E-state index contributed by atoms with van der Waals surface area (Å²) >= 11 is 6.29. The summed E-state index contributed by atoms with van der Waals surface area (Å²) in [5.74, 6) is -0.173. The number of nitrogens with zero attached hydrogens (tertiary/aromatic N) is 1. The van der Waals surface area contributed by atoms with Crippen molar-refractivity contribution in [1.29, 1.82) is 0 Å². The van der Waals surface area contributed by atoms with Crippen LogP contribution in [0.4, 0.5) is 0 Å². The van der Waals surface area contributed by atoms with E-state index in [0.29, 0.717) is 42.4 Å². The third kappa shape index (κ3) is 13.2. The van der Waals surface area contributed by atoms with Crippen LogP contribution in [0.25, 0.3) is 5.57 Å². The highest BCUT2D eigenvalue weighted by Gasteiger charge is 2.42. The van der Waals surface area contributed by atoms with Crippen LogP contribution in [-0.2, 0) is 9.53 Å². The Bertz CT molecular complexity index is 1010. The van der Waals surface area contributed by atoms with Crippen LogP contribution in [0, 0.1) is 6.92 Å². The van der Waals surface area contributed by atoms with Gasteiger partial charge in [0.25, 0.3) is 5.91 Å². The minimum Gasteiger partial charge on any atom is -0.873 e. The lowest BCUT2D eigenvalue weighted by Gasteiger charge is -2.39. The number of quaternary nitrogens is 1. The van der Waals surface area contributed by atoms with Gasteiger partial charge in [0.2, 0.25) is 0 Å². The molecule has 0 saturated carbocycles. The van der Waals surface area contributed by atoms with E-state index in [4.69, 9.17) is 21.1 Å². The first-order valence-electron chi connectivity index (χ1n) is 19.2. The van der Waals surface area contributed by atoms with Crippen molar-refractivity contribution in [2.75, 3.05) is 46.5 Å². The van der Waals surface area contributed by atoms with Crippen LogP contribution < -0.4 is 15.2 Å². The van der Waals surface area contributed by atoms with Crippen molar-refractivity contribution in [2.45, 2.75) is 156 Å². The number of halogens is 1. The summed E-state index contributed by atoms with van der Waals surface area (Å²) in [6, 6.07) is 3.49. The van der Waals surface area contributed by atoms with Crippen LogP contribution in [0.3, 0.4) is 0 Å². The lowest BCUT2D eigenvalue weighted by Crippen LogP contribution is -2.51. The van der Waals surface area contributed by atoms with E-state index in [1.807, 2.05) is 6.92 Å². The lowest BCUT2D eigenvalue weighted by atomic mass is 9.88. The first-order chi connectivity index (χ1) is 22.7. The Hall–Kier alpha value is -1.76. The van der Waals surface area contributed by atoms with Crippen molar-refractivity contribution >= 4 is 23.1 Å². The Kier molecular flexibility index (Phi) is 20.1. The Morgan fingerprint density at radius 1 is 0.787 bits per heavy atom. The fourth-order valence-corrected chi connectivity index (χ4v) is 7.62. The van der Waals surface area contributed by atoms with Crippen molar-refractivity contribution in [2.24, 2.45) is 0 Å². The zero-order chi connectivity index (χ0) is 34.5. The van der Waals surface area contributed by atoms with Crippen LogP contribution in [0.5, 0.6) is 5.75 Å². The second-order valence-corrected chi connectivity index (χ2v) is 14.6. The van der Waals surface area contributed by atoms with Gasteiger partial charge in [0.15, 0.2) is 0 Å². The maximum atomic E-state index is 12.9. The van der Waals surface area contributed by atoms with Crippen molar-refractivity contribution in [3.63, 3.8) is 0 Å². The standard InChI is InChI=1S/C24H52N.C16H18ClNO4/c1-5-9-13-17-21-25(22-18-14-10-6-2,23-19-15-11-7-3)24-20-16-12-8-4;1-9-7-10(17)12(11(8-9)21-2)13-14(19)16(18-15(13)20)3-5-22-6-4-16/h5-24H2,1-4H3;7-8,19H,3-6H2,1-2H3,(H,18,20)/q+1;/p-1. The summed E-state index contributed by atoms with van der Waals surface area (Å²) in [6.07, 6.45) is 23.8. The van der Waals surface area contributed by atoms with E-state index in [9.17, 15) is 9.90 Å². The highest BCUT2D eigenvalue weighted by Crippen LogP contribution is 2.42. The number of unbranched alkanes of at least 4 members (excludes halogenated alkanes) is 12. The summed E-state index contributed by atoms with van der Waals surface area (Å²) in [4.78, 5) is 12.4. The maximum absolute atomic E-state index is 12.9. The normalized spacial score (nSPS) is 15.9. The van der Waals surface area contributed by atoms with Gasteiger partial charge in [-0.2, -0.15) is 0 Å². The molecule has 6 nitrogen and oxygen atoms in total. The molecule has 2 aliphatic rings. The molecule has 0 radical (unpaired) electrons. The minimum atomic E-state index is -0.857. The number of benzene rings is 1. The second-order valence-electron chi connectivity index (χ2n) is 14.2. The number of carbonyl (C=O) groups excluding carboxylic acids is 1. The number of nitrogens with one attached hydrogen (secondary N) is 1. The van der Waals surface area contributed by atoms with Gasteiger partial charge in [-0.3, -0.25) is 4.79 Å². The molecule has 1 saturated heterocycles. The number of hydrogen-bond acceptors (Lipinski definition) is 4. The fraction of sp³-hybridized carbons (Fsp3) is 0.775. The quantitative estimate of drug-likeness (QED) is 0.0981. The molecule has 0 aliphatic carbocycles. The molecule has 47 heavy (non-hydrogen) atoms. The molecule has 1 spiro atoms. The number of amides is 1. The van der Waals surface area contributed by atoms with E-state index in [-0.39, 0.29) is 11.3 Å². The van der Waals surface area contributed by atoms with Gasteiger partial charge < -0.3 is 24.4 Å². The van der Waals surface area contributed by atoms with Crippen molar-refractivity contribution in [3.8, 4) is 5.75 Å². The van der Waals surface area contributed by atoms with Crippen LogP contribution in [0.2, 0.25) is 5.02 Å². The average Bonchev–Trinajstić information content (AvgIpc) is 3.29. The summed E-state index contributed by atoms with van der Waals surface area (Å²) in [5.41, 5.74) is 0.506. The van der Waals surface area contributed by atoms with Crippen LogP contribution in [-0.4, -0.2) is 62.4 Å². The fourth-order valence-electron chi connectivity index (χ4n) is 7.26. The predicted molar refractivity (Wildman–Crippen MR) is 197 cm³/mol. The van der Waals surface area contributed by atoms with E-state index >= 15 is 0 Å². The molecule has 7 heteroatoms. The van der Waals surface area contributed by atoms with Crippen molar-refractivity contribution < 1.29 is 23.9 Å². The molecular weight excluding hydrogens is 608 g/mol. The van der Waals surface area contributed by atoms with Crippen LogP contribution in [0.15, 0.2) is 17.9 Å². The van der Waals surface area contributed by atoms with Gasteiger partial charge >= 0.3 is 0 Å². The van der Waals surface area contributed by atoms with Gasteiger partial charge in [-0.05, 0) is 88.8 Å². The zero-order valence-corrected chi connectivity index (χ0v) is 31.8. The number of ether oxygens (including phenoxy) is 2. The molecule has 2 heterocycles. The van der Waals surface area contributed by atoms with Gasteiger partial charge in [-0.15, -0.1) is 0 Å². The highest BCUT2D eigenvalue weighted by atomic mass is 35.5. The average molecular weight is 677 g/mol. The largest absolute Gasteiger partial charge is 0.873 e. The van der Waals surface area contributed by atoms with E-state index in [2.05, 4.69) is 33.0 Å².